The Kier molecular flexibility index (Phi) is 31.1. The fourth-order valence-corrected chi connectivity index (χ4v) is 8.73. The van der Waals surface area contributed by atoms with Crippen molar-refractivity contribution in [2.45, 2.75) is 225 Å². The first-order chi connectivity index (χ1) is 39.4. The first-order valence-corrected chi connectivity index (χ1v) is 28.4. The van der Waals surface area contributed by atoms with E-state index in [0.717, 1.165) is 13.8 Å². The molecule has 13 amide bonds. The summed E-state index contributed by atoms with van der Waals surface area (Å²) in [6.07, 6.45) is -0.492. The Bertz CT molecular complexity index is 2490. The minimum Gasteiger partial charge on any atom is -0.481 e. The highest BCUT2D eigenvalue weighted by atomic mass is 16.4. The lowest BCUT2D eigenvalue weighted by atomic mass is 9.90. The molecule has 0 saturated heterocycles. The summed E-state index contributed by atoms with van der Waals surface area (Å²) in [5, 5.41) is 45.7. The number of primary amides is 3. The van der Waals surface area contributed by atoms with Crippen LogP contribution in [-0.2, 0) is 71.9 Å². The number of carboxylic acids is 1. The largest absolute Gasteiger partial charge is 0.481 e. The fourth-order valence-electron chi connectivity index (χ4n) is 8.73. The van der Waals surface area contributed by atoms with E-state index in [0.29, 0.717) is 0 Å². The molecule has 13 atom stereocenters. The molecule has 0 saturated carbocycles. The van der Waals surface area contributed by atoms with Crippen LogP contribution in [0.2, 0.25) is 0 Å². The van der Waals surface area contributed by atoms with Crippen LogP contribution in [0.3, 0.4) is 0 Å². The summed E-state index contributed by atoms with van der Waals surface area (Å²) in [4.78, 5) is 199. The molecule has 478 valence electrons. The SMILES string of the molecule is CC[C@H](C)[C@H](NC(=O)[C@H](C)NC(=O)CCC(N)=O)C(=O)N[C@@H](CC(=O)O)C(=O)N[C@@]1(C)CCC/C=C\CCC[C@@](C)(C(=O)N[C@H](C(=O)N[C@@H](CC(N)=O)C(C)=O)C(C)C)NC(=O)[C@H](CC(N)=O)NC(=O)[C@H]([C@@H](C)O)NC(=O)[C@H]([C@@H](C)CC)NC1=O. The van der Waals surface area contributed by atoms with E-state index in [9.17, 15) is 82.1 Å². The third-order valence-electron chi connectivity index (χ3n) is 14.6. The summed E-state index contributed by atoms with van der Waals surface area (Å²) >= 11 is 0. The van der Waals surface area contributed by atoms with Gasteiger partial charge in [0.15, 0.2) is 5.78 Å². The van der Waals surface area contributed by atoms with Gasteiger partial charge in [0.25, 0.3) is 0 Å². The van der Waals surface area contributed by atoms with Crippen LogP contribution in [0, 0.1) is 17.8 Å². The highest BCUT2D eigenvalue weighted by molar-refractivity contribution is 6.02. The molecule has 30 heteroatoms. The minimum absolute atomic E-state index is 0.126. The van der Waals surface area contributed by atoms with Gasteiger partial charge in [-0.3, -0.25) is 71.9 Å². The van der Waals surface area contributed by atoms with Gasteiger partial charge in [-0.1, -0.05) is 66.5 Å². The van der Waals surface area contributed by atoms with Crippen molar-refractivity contribution in [3.8, 4) is 0 Å². The topological polar surface area (TPSA) is 495 Å². The maximum Gasteiger partial charge on any atom is 0.305 e. The molecule has 30 nitrogen and oxygen atoms in total. The second-order valence-electron chi connectivity index (χ2n) is 22.5. The molecule has 0 unspecified atom stereocenters. The average molecular weight is 1210 g/mol. The molecule has 18 N–H and O–H groups in total. The van der Waals surface area contributed by atoms with Crippen molar-refractivity contribution in [2.75, 3.05) is 0 Å². The summed E-state index contributed by atoms with van der Waals surface area (Å²) in [6, 6.07) is -12.5. The van der Waals surface area contributed by atoms with Crippen LogP contribution >= 0.6 is 0 Å². The van der Waals surface area contributed by atoms with Crippen LogP contribution in [0.4, 0.5) is 0 Å². The van der Waals surface area contributed by atoms with E-state index in [1.165, 1.54) is 20.8 Å². The van der Waals surface area contributed by atoms with Crippen LogP contribution in [0.1, 0.15) is 160 Å². The van der Waals surface area contributed by atoms with Gasteiger partial charge in [-0.05, 0) is 90.9 Å². The van der Waals surface area contributed by atoms with E-state index in [2.05, 4.69) is 53.2 Å². The molecule has 0 fully saturated rings. The smallest absolute Gasteiger partial charge is 0.305 e. The Labute approximate surface area is 494 Å². The van der Waals surface area contributed by atoms with Crippen molar-refractivity contribution in [2.24, 2.45) is 35.0 Å². The van der Waals surface area contributed by atoms with E-state index < -0.39 is 191 Å². The van der Waals surface area contributed by atoms with Gasteiger partial charge in [0.05, 0.1) is 31.4 Å². The zero-order valence-corrected chi connectivity index (χ0v) is 50.5. The lowest BCUT2D eigenvalue weighted by Crippen LogP contribution is -2.66. The molecule has 0 spiro atoms. The zero-order chi connectivity index (χ0) is 65.3. The molecule has 0 aromatic rings. The van der Waals surface area contributed by atoms with E-state index in [-0.39, 0.29) is 64.2 Å². The molecule has 1 aliphatic rings. The number of hydrogen-bond donors (Lipinski definition) is 15. The molecular weight excluding hydrogens is 1110 g/mol. The number of aliphatic hydroxyl groups is 1. The molecule has 0 aromatic carbocycles. The van der Waals surface area contributed by atoms with Crippen LogP contribution in [0.15, 0.2) is 12.2 Å². The molecule has 0 aromatic heterocycles. The lowest BCUT2D eigenvalue weighted by Gasteiger charge is -2.35. The standard InChI is InChI=1S/C55H91N13O17/c1-12-28(5)42(63-45(77)30(7)59-39(74)21-20-36(56)71)49(81)62-35(26-40(75)76)47(79)68-55(11)23-19-17-15-14-16-18-22-54(10,52(84)65-41(27(3)4)48(80)60-33(31(8)69)24-37(57)72)67-46(78)34(25-38(58)73)61-51(83)44(32(9)70)64-50(82)43(29(6)13-2)66-53(55)85/h14-15,27-30,32-35,41-44,70H,12-13,16-26H2,1-11H3,(H2,56,71)(H2,57,72)(H2,58,73)(H,59,74)(H,60,80)(H,61,83)(H,62,81)(H,63,77)(H,64,82)(H,65,84)(H,66,85)(H,67,78)(H,68,79)(H,75,76)/b15-14-/t28-,29-,30-,32+,33-,34-,35-,41-,42-,43-,44-,54-,55-/m0/s1. The number of carboxylic acid groups (broad SMARTS) is 1. The second-order valence-corrected chi connectivity index (χ2v) is 22.5. The number of nitrogens with two attached hydrogens (primary N) is 3. The molecule has 1 heterocycles. The number of Topliss-reactive ketones (excluding diaryl/α,β-unsaturated/α-hetero) is 1. The third kappa shape index (κ3) is 25.4. The van der Waals surface area contributed by atoms with Crippen LogP contribution in [0.5, 0.6) is 0 Å². The van der Waals surface area contributed by atoms with Crippen molar-refractivity contribution in [1.82, 2.24) is 53.2 Å². The van der Waals surface area contributed by atoms with Gasteiger partial charge < -0.3 is 80.6 Å². The van der Waals surface area contributed by atoms with Crippen LogP contribution < -0.4 is 70.4 Å². The number of hydrogen-bond acceptors (Lipinski definition) is 16. The number of rotatable bonds is 27. The van der Waals surface area contributed by atoms with Gasteiger partial charge in [-0.25, -0.2) is 0 Å². The van der Waals surface area contributed by atoms with Gasteiger partial charge in [-0.15, -0.1) is 0 Å². The molecule has 0 aliphatic carbocycles. The third-order valence-corrected chi connectivity index (χ3v) is 14.6. The Morgan fingerprint density at radius 1 is 0.635 bits per heavy atom. The van der Waals surface area contributed by atoms with Crippen molar-refractivity contribution >= 4 is 88.5 Å². The summed E-state index contributed by atoms with van der Waals surface area (Å²) < 4.78 is 0. The number of carbonyl (C=O) groups excluding carboxylic acids is 14. The van der Waals surface area contributed by atoms with E-state index in [1.807, 2.05) is 0 Å². The number of ketones is 1. The molecule has 0 radical (unpaired) electrons. The number of aliphatic hydroxyl groups excluding tert-OH is 1. The number of aliphatic carboxylic acids is 1. The summed E-state index contributed by atoms with van der Waals surface area (Å²) in [5.74, 6) is -16.8. The van der Waals surface area contributed by atoms with Crippen LogP contribution in [-0.4, -0.2) is 164 Å². The molecule has 1 aliphatic heterocycles. The fraction of sp³-hybridized carbons (Fsp3) is 0.691. The van der Waals surface area contributed by atoms with E-state index >= 15 is 0 Å². The van der Waals surface area contributed by atoms with Crippen molar-refractivity contribution in [3.63, 3.8) is 0 Å². The molecular formula is C55H91N13O17. The first-order valence-electron chi connectivity index (χ1n) is 28.4. The van der Waals surface area contributed by atoms with Crippen molar-refractivity contribution < 1.29 is 82.1 Å². The van der Waals surface area contributed by atoms with Gasteiger partial charge in [-0.2, -0.15) is 0 Å². The zero-order valence-electron chi connectivity index (χ0n) is 50.5. The second kappa shape index (κ2) is 35.3. The van der Waals surface area contributed by atoms with Crippen molar-refractivity contribution in [3.05, 3.63) is 12.2 Å². The van der Waals surface area contributed by atoms with Crippen LogP contribution in [0.25, 0.3) is 0 Å². The predicted molar refractivity (Wildman–Crippen MR) is 305 cm³/mol. The first kappa shape index (κ1) is 75.0. The van der Waals surface area contributed by atoms with Crippen molar-refractivity contribution in [1.29, 1.82) is 0 Å². The molecule has 1 rings (SSSR count). The van der Waals surface area contributed by atoms with Gasteiger partial charge in [0, 0.05) is 12.8 Å². The minimum atomic E-state index is -2.01. The lowest BCUT2D eigenvalue weighted by molar-refractivity contribution is -0.143. The number of nitrogens with one attached hydrogen (secondary N) is 10. The monoisotopic (exact) mass is 1210 g/mol. The average Bonchev–Trinajstić information content (AvgIpc) is 3.19. The van der Waals surface area contributed by atoms with E-state index in [4.69, 9.17) is 17.2 Å². The quantitative estimate of drug-likeness (QED) is 0.0359. The predicted octanol–water partition coefficient (Wildman–Crippen LogP) is -3.25. The normalized spacial score (nSPS) is 23.4. The summed E-state index contributed by atoms with van der Waals surface area (Å²) in [5.41, 5.74) is 12.0. The molecule has 0 bridgehead atoms. The van der Waals surface area contributed by atoms with E-state index in [1.54, 1.807) is 53.7 Å². The van der Waals surface area contributed by atoms with Gasteiger partial charge in [0.2, 0.25) is 76.8 Å². The maximum absolute atomic E-state index is 14.7. The van der Waals surface area contributed by atoms with Gasteiger partial charge >= 0.3 is 5.97 Å². The number of allylic oxidation sites excluding steroid dienone is 2. The highest BCUT2D eigenvalue weighted by Gasteiger charge is 2.44. The van der Waals surface area contributed by atoms with Gasteiger partial charge in [0.1, 0.15) is 53.4 Å². The Morgan fingerprint density at radius 2 is 1.20 bits per heavy atom. The summed E-state index contributed by atoms with van der Waals surface area (Å²) in [7, 11) is 0. The summed E-state index contributed by atoms with van der Waals surface area (Å²) in [6.45, 7) is 15.8. The number of amides is 13. The maximum atomic E-state index is 14.7. The highest BCUT2D eigenvalue weighted by Crippen LogP contribution is 2.21. The number of carbonyl (C=O) groups is 15. The Hall–Kier alpha value is -8.05. The Morgan fingerprint density at radius 3 is 1.71 bits per heavy atom. The Balaban J connectivity index is 3.92. The molecule has 85 heavy (non-hydrogen) atoms.